The summed E-state index contributed by atoms with van der Waals surface area (Å²) in [5, 5.41) is 5.30. The second kappa shape index (κ2) is 6.10. The summed E-state index contributed by atoms with van der Waals surface area (Å²) >= 11 is 13.8. The van der Waals surface area contributed by atoms with Crippen LogP contribution in [0.1, 0.15) is 5.01 Å². The zero-order valence-corrected chi connectivity index (χ0v) is 13.5. The molecule has 0 fully saturated rings. The minimum Gasteiger partial charge on any atom is -0.495 e. The Balaban J connectivity index is 1.84. The van der Waals surface area contributed by atoms with Gasteiger partial charge in [-0.25, -0.2) is 4.98 Å². The number of nitrogens with one attached hydrogen (secondary N) is 1. The van der Waals surface area contributed by atoms with Gasteiger partial charge in [-0.1, -0.05) is 35.3 Å². The van der Waals surface area contributed by atoms with E-state index in [-0.39, 0.29) is 0 Å². The molecule has 0 aliphatic rings. The zero-order valence-electron chi connectivity index (χ0n) is 11.2. The monoisotopic (exact) mass is 338 g/mol. The zero-order chi connectivity index (χ0) is 14.8. The van der Waals surface area contributed by atoms with E-state index in [0.29, 0.717) is 16.6 Å². The molecule has 21 heavy (non-hydrogen) atoms. The van der Waals surface area contributed by atoms with E-state index in [1.54, 1.807) is 24.5 Å². The van der Waals surface area contributed by atoms with Crippen LogP contribution < -0.4 is 10.1 Å². The Kier molecular flexibility index (Phi) is 4.19. The summed E-state index contributed by atoms with van der Waals surface area (Å²) < 4.78 is 6.34. The van der Waals surface area contributed by atoms with Gasteiger partial charge in [-0.05, 0) is 24.3 Å². The lowest BCUT2D eigenvalue weighted by atomic mass is 10.3. The molecular formula is C15H12Cl2N2OS. The number of methoxy groups -OCH3 is 1. The molecule has 2 aromatic carbocycles. The highest BCUT2D eigenvalue weighted by atomic mass is 35.5. The summed E-state index contributed by atoms with van der Waals surface area (Å²) in [5.41, 5.74) is 1.69. The molecule has 108 valence electrons. The van der Waals surface area contributed by atoms with E-state index in [4.69, 9.17) is 27.9 Å². The lowest BCUT2D eigenvalue weighted by Crippen LogP contribution is -2.00. The van der Waals surface area contributed by atoms with Gasteiger partial charge in [0.05, 0.1) is 34.1 Å². The van der Waals surface area contributed by atoms with E-state index in [9.17, 15) is 0 Å². The third-order valence-electron chi connectivity index (χ3n) is 3.03. The van der Waals surface area contributed by atoms with Gasteiger partial charge in [0.25, 0.3) is 0 Å². The molecule has 0 unspecified atom stereocenters. The summed E-state index contributed by atoms with van der Waals surface area (Å²) in [7, 11) is 1.65. The van der Waals surface area contributed by atoms with Gasteiger partial charge in [0.1, 0.15) is 16.3 Å². The summed E-state index contributed by atoms with van der Waals surface area (Å²) in [6.07, 6.45) is 0. The average Bonchev–Trinajstić information content (AvgIpc) is 2.93. The number of rotatable bonds is 4. The normalized spacial score (nSPS) is 10.8. The number of thiazole rings is 1. The molecule has 1 N–H and O–H groups in total. The fourth-order valence-electron chi connectivity index (χ4n) is 2.02. The van der Waals surface area contributed by atoms with Gasteiger partial charge in [0.2, 0.25) is 0 Å². The van der Waals surface area contributed by atoms with Crippen molar-refractivity contribution >= 4 is 50.4 Å². The van der Waals surface area contributed by atoms with Crippen LogP contribution in [0.4, 0.5) is 5.69 Å². The van der Waals surface area contributed by atoms with Crippen molar-refractivity contribution in [3.05, 3.63) is 51.5 Å². The van der Waals surface area contributed by atoms with E-state index in [1.165, 1.54) is 0 Å². The van der Waals surface area contributed by atoms with Crippen molar-refractivity contribution < 1.29 is 4.74 Å². The average molecular weight is 339 g/mol. The van der Waals surface area contributed by atoms with Crippen LogP contribution in [0.2, 0.25) is 10.0 Å². The molecule has 3 aromatic rings. The minimum absolute atomic E-state index is 0.508. The quantitative estimate of drug-likeness (QED) is 0.707. The van der Waals surface area contributed by atoms with Crippen molar-refractivity contribution in [2.45, 2.75) is 6.54 Å². The van der Waals surface area contributed by atoms with E-state index < -0.39 is 0 Å². The Morgan fingerprint density at radius 3 is 2.81 bits per heavy atom. The van der Waals surface area contributed by atoms with Gasteiger partial charge in [-0.2, -0.15) is 0 Å². The number of anilines is 1. The maximum atomic E-state index is 6.18. The van der Waals surface area contributed by atoms with Crippen molar-refractivity contribution in [3.63, 3.8) is 0 Å². The van der Waals surface area contributed by atoms with Crippen LogP contribution >= 0.6 is 34.5 Å². The number of fused-ring (bicyclic) bond motifs is 1. The van der Waals surface area contributed by atoms with Crippen LogP contribution in [0, 0.1) is 0 Å². The predicted molar refractivity (Wildman–Crippen MR) is 90.0 cm³/mol. The predicted octanol–water partition coefficient (Wildman–Crippen LogP) is 5.22. The van der Waals surface area contributed by atoms with E-state index in [1.807, 2.05) is 30.3 Å². The van der Waals surface area contributed by atoms with Crippen molar-refractivity contribution in [2.75, 3.05) is 12.4 Å². The molecule has 0 atom stereocenters. The molecule has 1 heterocycles. The number of aromatic nitrogens is 1. The smallest absolute Gasteiger partial charge is 0.141 e. The Bertz CT molecular complexity index is 788. The molecule has 1 aromatic heterocycles. The third-order valence-corrected chi connectivity index (χ3v) is 4.85. The Morgan fingerprint density at radius 2 is 2.00 bits per heavy atom. The second-order valence-electron chi connectivity index (χ2n) is 4.37. The first-order chi connectivity index (χ1) is 10.2. The van der Waals surface area contributed by atoms with Gasteiger partial charge in [-0.15, -0.1) is 11.3 Å². The standard InChI is InChI=1S/C15H12Cl2N2OS/c1-20-11-5-3-2-4-10(11)18-8-13-19-15-12(21-13)7-6-9(16)14(15)17/h2-7,18H,8H2,1H3. The molecule has 0 bridgehead atoms. The highest BCUT2D eigenvalue weighted by Gasteiger charge is 2.10. The first-order valence-corrected chi connectivity index (χ1v) is 7.86. The molecule has 0 spiro atoms. The van der Waals surface area contributed by atoms with Crippen LogP contribution in [0.3, 0.4) is 0 Å². The molecule has 0 aliphatic carbocycles. The van der Waals surface area contributed by atoms with Crippen molar-refractivity contribution in [2.24, 2.45) is 0 Å². The summed E-state index contributed by atoms with van der Waals surface area (Å²) in [6.45, 7) is 0.605. The van der Waals surface area contributed by atoms with E-state index in [2.05, 4.69) is 10.3 Å². The van der Waals surface area contributed by atoms with Gasteiger partial charge in [-0.3, -0.25) is 0 Å². The van der Waals surface area contributed by atoms with Crippen LogP contribution in [0.5, 0.6) is 5.75 Å². The van der Waals surface area contributed by atoms with E-state index >= 15 is 0 Å². The van der Waals surface area contributed by atoms with Gasteiger partial charge in [0.15, 0.2) is 0 Å². The summed E-state index contributed by atoms with van der Waals surface area (Å²) in [4.78, 5) is 4.54. The number of para-hydroxylation sites is 2. The SMILES string of the molecule is COc1ccccc1NCc1nc2c(Cl)c(Cl)ccc2s1. The van der Waals surface area contributed by atoms with Gasteiger partial charge in [0, 0.05) is 0 Å². The molecule has 0 saturated heterocycles. The van der Waals surface area contributed by atoms with E-state index in [0.717, 1.165) is 26.7 Å². The minimum atomic E-state index is 0.508. The van der Waals surface area contributed by atoms with Gasteiger partial charge >= 0.3 is 0 Å². The molecular weight excluding hydrogens is 327 g/mol. The molecule has 6 heteroatoms. The van der Waals surface area contributed by atoms with Crippen LogP contribution in [0.15, 0.2) is 36.4 Å². The number of halogens is 2. The van der Waals surface area contributed by atoms with Crippen LogP contribution in [0.25, 0.3) is 10.2 Å². The summed E-state index contributed by atoms with van der Waals surface area (Å²) in [5.74, 6) is 0.805. The fourth-order valence-corrected chi connectivity index (χ4v) is 3.35. The van der Waals surface area contributed by atoms with Crippen LogP contribution in [-0.4, -0.2) is 12.1 Å². The Morgan fingerprint density at radius 1 is 1.19 bits per heavy atom. The Labute approximate surface area is 136 Å². The highest BCUT2D eigenvalue weighted by Crippen LogP contribution is 2.34. The molecule has 0 amide bonds. The second-order valence-corrected chi connectivity index (χ2v) is 6.27. The van der Waals surface area contributed by atoms with Crippen molar-refractivity contribution in [1.82, 2.24) is 4.98 Å². The summed E-state index contributed by atoms with van der Waals surface area (Å²) in [6, 6.07) is 11.5. The highest BCUT2D eigenvalue weighted by molar-refractivity contribution is 7.18. The maximum Gasteiger partial charge on any atom is 0.141 e. The maximum absolute atomic E-state index is 6.18. The fraction of sp³-hybridized carbons (Fsp3) is 0.133. The molecule has 3 nitrogen and oxygen atoms in total. The largest absolute Gasteiger partial charge is 0.495 e. The molecule has 0 saturated carbocycles. The molecule has 3 rings (SSSR count). The number of hydrogen-bond donors (Lipinski definition) is 1. The number of ether oxygens (including phenoxy) is 1. The van der Waals surface area contributed by atoms with Crippen molar-refractivity contribution in [3.8, 4) is 5.75 Å². The lowest BCUT2D eigenvalue weighted by Gasteiger charge is -2.09. The number of benzene rings is 2. The van der Waals surface area contributed by atoms with Gasteiger partial charge < -0.3 is 10.1 Å². The molecule has 0 aliphatic heterocycles. The topological polar surface area (TPSA) is 34.1 Å². The van der Waals surface area contributed by atoms with Crippen LogP contribution in [-0.2, 0) is 6.54 Å². The lowest BCUT2D eigenvalue weighted by molar-refractivity contribution is 0.416. The third kappa shape index (κ3) is 2.93. The first-order valence-electron chi connectivity index (χ1n) is 6.29. The Hall–Kier alpha value is -1.49. The molecule has 0 radical (unpaired) electrons. The number of hydrogen-bond acceptors (Lipinski definition) is 4. The first kappa shape index (κ1) is 14.4. The number of nitrogens with zero attached hydrogens (tertiary/aromatic N) is 1. The van der Waals surface area contributed by atoms with Crippen molar-refractivity contribution in [1.29, 1.82) is 0 Å².